The van der Waals surface area contributed by atoms with Gasteiger partial charge in [-0.15, -0.1) is 0 Å². The molecule has 3 N–H and O–H groups in total. The van der Waals surface area contributed by atoms with Crippen molar-refractivity contribution in [3.63, 3.8) is 0 Å². The molecule has 0 spiro atoms. The highest BCUT2D eigenvalue weighted by atomic mass is 16.2. The van der Waals surface area contributed by atoms with Crippen molar-refractivity contribution in [1.82, 2.24) is 10.2 Å². The third-order valence-corrected chi connectivity index (χ3v) is 5.20. The van der Waals surface area contributed by atoms with E-state index in [0.29, 0.717) is 19.0 Å². The van der Waals surface area contributed by atoms with Gasteiger partial charge in [-0.2, -0.15) is 0 Å². The maximum atomic E-state index is 12.4. The minimum absolute atomic E-state index is 0.0140. The van der Waals surface area contributed by atoms with E-state index in [9.17, 15) is 4.79 Å². The highest BCUT2D eigenvalue weighted by Crippen LogP contribution is 2.36. The number of rotatable bonds is 7. The molecule has 1 fully saturated rings. The molecule has 124 valence electrons. The number of carbonyl (C=O) groups is 1. The van der Waals surface area contributed by atoms with Crippen molar-refractivity contribution < 1.29 is 4.79 Å². The van der Waals surface area contributed by atoms with Crippen LogP contribution in [0.3, 0.4) is 0 Å². The van der Waals surface area contributed by atoms with Crippen LogP contribution in [0.5, 0.6) is 0 Å². The molecule has 2 atom stereocenters. The summed E-state index contributed by atoms with van der Waals surface area (Å²) < 4.78 is 0. The van der Waals surface area contributed by atoms with Crippen LogP contribution >= 0.6 is 0 Å². The fraction of sp³-hybridized carbons (Fsp3) is 0.941. The standard InChI is InChI=1S/C17H35N3O/c1-6-16(4,5)19-15(21)12-20(7-2)17(13-18)10-8-9-14(3)11-17/h14H,6-13,18H2,1-5H3,(H,19,21). The molecule has 1 rings (SSSR count). The summed E-state index contributed by atoms with van der Waals surface area (Å²) in [7, 11) is 0. The Morgan fingerprint density at radius 2 is 2.10 bits per heavy atom. The Kier molecular flexibility index (Phi) is 6.67. The first-order valence-electron chi connectivity index (χ1n) is 8.54. The molecule has 4 nitrogen and oxygen atoms in total. The number of carbonyl (C=O) groups excluding carboxylic acids is 1. The molecule has 0 aliphatic heterocycles. The van der Waals surface area contributed by atoms with Crippen molar-refractivity contribution in [3.05, 3.63) is 0 Å². The molecule has 21 heavy (non-hydrogen) atoms. The molecule has 1 amide bonds. The molecule has 4 heteroatoms. The molecule has 1 saturated carbocycles. The van der Waals surface area contributed by atoms with Crippen molar-refractivity contribution in [2.24, 2.45) is 11.7 Å². The van der Waals surface area contributed by atoms with Gasteiger partial charge < -0.3 is 11.1 Å². The summed E-state index contributed by atoms with van der Waals surface area (Å²) in [5.74, 6) is 0.821. The average molecular weight is 297 g/mol. The number of likely N-dealkylation sites (N-methyl/N-ethyl adjacent to an activating group) is 1. The lowest BCUT2D eigenvalue weighted by atomic mass is 9.75. The summed E-state index contributed by atoms with van der Waals surface area (Å²) in [6.45, 7) is 12.7. The van der Waals surface area contributed by atoms with Gasteiger partial charge >= 0.3 is 0 Å². The average Bonchev–Trinajstić information content (AvgIpc) is 2.44. The Balaban J connectivity index is 2.74. The zero-order valence-electron chi connectivity index (χ0n) is 14.7. The van der Waals surface area contributed by atoms with Gasteiger partial charge in [0.15, 0.2) is 0 Å². The third-order valence-electron chi connectivity index (χ3n) is 5.20. The Labute approximate surface area is 130 Å². The number of nitrogens with two attached hydrogens (primary N) is 1. The SMILES string of the molecule is CCN(CC(=O)NC(C)(C)CC)C1(CN)CCCC(C)C1. The van der Waals surface area contributed by atoms with Crippen LogP contribution in [-0.2, 0) is 4.79 Å². The van der Waals surface area contributed by atoms with Crippen LogP contribution in [0.4, 0.5) is 0 Å². The number of hydrogen-bond donors (Lipinski definition) is 2. The molecule has 0 heterocycles. The van der Waals surface area contributed by atoms with Crippen LogP contribution < -0.4 is 11.1 Å². The van der Waals surface area contributed by atoms with E-state index in [1.165, 1.54) is 12.8 Å². The lowest BCUT2D eigenvalue weighted by molar-refractivity contribution is -0.126. The lowest BCUT2D eigenvalue weighted by Crippen LogP contribution is -2.59. The maximum absolute atomic E-state index is 12.4. The monoisotopic (exact) mass is 297 g/mol. The van der Waals surface area contributed by atoms with E-state index in [1.54, 1.807) is 0 Å². The van der Waals surface area contributed by atoms with Crippen LogP contribution in [-0.4, -0.2) is 41.5 Å². The van der Waals surface area contributed by atoms with E-state index in [1.807, 2.05) is 0 Å². The minimum Gasteiger partial charge on any atom is -0.350 e. The third kappa shape index (κ3) is 4.96. The number of hydrogen-bond acceptors (Lipinski definition) is 3. The lowest BCUT2D eigenvalue weighted by Gasteiger charge is -2.47. The van der Waals surface area contributed by atoms with Gasteiger partial charge in [0, 0.05) is 17.6 Å². The number of nitrogens with one attached hydrogen (secondary N) is 1. The van der Waals surface area contributed by atoms with Gasteiger partial charge in [-0.3, -0.25) is 9.69 Å². The molecular formula is C17H35N3O. The summed E-state index contributed by atoms with van der Waals surface area (Å²) >= 11 is 0. The predicted octanol–water partition coefficient (Wildman–Crippen LogP) is 2.52. The maximum Gasteiger partial charge on any atom is 0.234 e. The van der Waals surface area contributed by atoms with Crippen LogP contribution in [0.25, 0.3) is 0 Å². The second kappa shape index (κ2) is 7.59. The Morgan fingerprint density at radius 1 is 1.43 bits per heavy atom. The molecule has 0 aromatic heterocycles. The largest absolute Gasteiger partial charge is 0.350 e. The number of nitrogens with zero attached hydrogens (tertiary/aromatic N) is 1. The fourth-order valence-corrected chi connectivity index (χ4v) is 3.53. The van der Waals surface area contributed by atoms with Gasteiger partial charge in [0.2, 0.25) is 5.91 Å². The quantitative estimate of drug-likeness (QED) is 0.759. The summed E-state index contributed by atoms with van der Waals surface area (Å²) in [5.41, 5.74) is 6.01. The van der Waals surface area contributed by atoms with Gasteiger partial charge in [-0.05, 0) is 45.6 Å². The van der Waals surface area contributed by atoms with Crippen molar-refractivity contribution in [3.8, 4) is 0 Å². The van der Waals surface area contributed by atoms with E-state index in [2.05, 4.69) is 44.8 Å². The van der Waals surface area contributed by atoms with E-state index in [0.717, 1.165) is 25.8 Å². The summed E-state index contributed by atoms with van der Waals surface area (Å²) in [6.07, 6.45) is 5.67. The first-order valence-corrected chi connectivity index (χ1v) is 8.54. The van der Waals surface area contributed by atoms with Crippen molar-refractivity contribution in [2.75, 3.05) is 19.6 Å². The molecular weight excluding hydrogens is 262 g/mol. The molecule has 0 saturated heterocycles. The second-order valence-corrected chi connectivity index (χ2v) is 7.43. The normalized spacial score (nSPS) is 26.9. The van der Waals surface area contributed by atoms with Crippen molar-refractivity contribution in [1.29, 1.82) is 0 Å². The summed E-state index contributed by atoms with van der Waals surface area (Å²) in [6, 6.07) is 0. The van der Waals surface area contributed by atoms with Crippen molar-refractivity contribution >= 4 is 5.91 Å². The zero-order valence-corrected chi connectivity index (χ0v) is 14.7. The molecule has 0 aromatic carbocycles. The van der Waals surface area contributed by atoms with Gasteiger partial charge in [0.1, 0.15) is 0 Å². The minimum atomic E-state index is -0.133. The van der Waals surface area contributed by atoms with Gasteiger partial charge in [-0.1, -0.05) is 33.6 Å². The summed E-state index contributed by atoms with van der Waals surface area (Å²) in [4.78, 5) is 14.7. The van der Waals surface area contributed by atoms with Crippen molar-refractivity contribution in [2.45, 2.75) is 77.8 Å². The van der Waals surface area contributed by atoms with E-state index in [4.69, 9.17) is 5.73 Å². The van der Waals surface area contributed by atoms with E-state index in [-0.39, 0.29) is 17.0 Å². The number of amides is 1. The zero-order chi connectivity index (χ0) is 16.1. The second-order valence-electron chi connectivity index (χ2n) is 7.43. The Hall–Kier alpha value is -0.610. The van der Waals surface area contributed by atoms with Gasteiger partial charge in [0.05, 0.1) is 6.54 Å². The molecule has 2 unspecified atom stereocenters. The van der Waals surface area contributed by atoms with Crippen LogP contribution in [0.1, 0.15) is 66.7 Å². The molecule has 0 bridgehead atoms. The smallest absolute Gasteiger partial charge is 0.234 e. The highest BCUT2D eigenvalue weighted by Gasteiger charge is 2.39. The molecule has 1 aliphatic rings. The Bertz CT molecular complexity index is 343. The first kappa shape index (κ1) is 18.4. The molecule has 0 radical (unpaired) electrons. The molecule has 1 aliphatic carbocycles. The van der Waals surface area contributed by atoms with Gasteiger partial charge in [0.25, 0.3) is 0 Å². The highest BCUT2D eigenvalue weighted by molar-refractivity contribution is 5.78. The van der Waals surface area contributed by atoms with Crippen LogP contribution in [0.2, 0.25) is 0 Å². The predicted molar refractivity (Wildman–Crippen MR) is 89.2 cm³/mol. The summed E-state index contributed by atoms with van der Waals surface area (Å²) in [5, 5.41) is 3.14. The first-order chi connectivity index (χ1) is 9.78. The Morgan fingerprint density at radius 3 is 2.57 bits per heavy atom. The van der Waals surface area contributed by atoms with Crippen LogP contribution in [0, 0.1) is 5.92 Å². The van der Waals surface area contributed by atoms with Crippen LogP contribution in [0.15, 0.2) is 0 Å². The molecule has 0 aromatic rings. The fourth-order valence-electron chi connectivity index (χ4n) is 3.53. The van der Waals surface area contributed by atoms with E-state index >= 15 is 0 Å². The topological polar surface area (TPSA) is 58.4 Å². The van der Waals surface area contributed by atoms with E-state index < -0.39 is 0 Å². The van der Waals surface area contributed by atoms with Gasteiger partial charge in [-0.25, -0.2) is 0 Å².